The largest absolute Gasteiger partial charge is 0.444 e. The fraction of sp³-hybridized carbons (Fsp3) is 0.300. The summed E-state index contributed by atoms with van der Waals surface area (Å²) in [6.45, 7) is 3.69. The Kier molecular flexibility index (Phi) is 10.5. The van der Waals surface area contributed by atoms with Gasteiger partial charge in [-0.3, -0.25) is 19.3 Å². The monoisotopic (exact) mass is 671 g/mol. The zero-order valence-electron chi connectivity index (χ0n) is 26.0. The Bertz CT molecular complexity index is 1800. The number of nitrogens with zero attached hydrogens (tertiary/aromatic N) is 5. The Balaban J connectivity index is 1.53. The number of aromatic nitrogens is 4. The van der Waals surface area contributed by atoms with E-state index in [1.165, 1.54) is 37.7 Å². The van der Waals surface area contributed by atoms with Crippen LogP contribution in [-0.2, 0) is 4.74 Å². The normalized spacial score (nSPS) is 11.6. The Morgan fingerprint density at radius 1 is 1.06 bits per heavy atom. The van der Waals surface area contributed by atoms with Crippen molar-refractivity contribution in [1.29, 1.82) is 0 Å². The van der Waals surface area contributed by atoms with Crippen molar-refractivity contribution in [1.82, 2.24) is 25.1 Å². The molecule has 0 atom stereocenters. The average molecular weight is 672 g/mol. The molecule has 6 N–H and O–H groups in total. The lowest BCUT2D eigenvalue weighted by Crippen LogP contribution is -2.42. The van der Waals surface area contributed by atoms with Gasteiger partial charge in [-0.1, -0.05) is 0 Å². The van der Waals surface area contributed by atoms with Gasteiger partial charge in [-0.15, -0.1) is 0 Å². The molecule has 0 unspecified atom stereocenters. The smallest absolute Gasteiger partial charge is 0.416 e. The van der Waals surface area contributed by atoms with Gasteiger partial charge in [-0.05, 0) is 70.1 Å². The summed E-state index contributed by atoms with van der Waals surface area (Å²) in [4.78, 5) is 58.4. The van der Waals surface area contributed by atoms with E-state index in [2.05, 4.69) is 25.7 Å². The molecule has 0 aliphatic rings. The SMILES string of the molecule is CC(C)(C)OC(=O)N(CC(F)(F)F)c1cc(-c2nc(C(=O)Nc3cn(-c4ccc(C(=O)NCCCN)cc4)nc3C(N)=O)co2)ccn1. The van der Waals surface area contributed by atoms with Crippen LogP contribution >= 0.6 is 0 Å². The van der Waals surface area contributed by atoms with E-state index in [1.807, 2.05) is 0 Å². The van der Waals surface area contributed by atoms with Crippen LogP contribution in [-0.4, -0.2) is 75.0 Å². The number of carbonyl (C=O) groups excluding carboxylic acids is 4. The third kappa shape index (κ3) is 9.15. The number of hydrogen-bond donors (Lipinski definition) is 4. The van der Waals surface area contributed by atoms with E-state index in [9.17, 15) is 32.3 Å². The average Bonchev–Trinajstić information content (AvgIpc) is 3.67. The molecule has 0 radical (unpaired) electrons. The van der Waals surface area contributed by atoms with Crippen LogP contribution < -0.4 is 27.0 Å². The molecular weight excluding hydrogens is 639 g/mol. The molecule has 0 aliphatic heterocycles. The van der Waals surface area contributed by atoms with Crippen LogP contribution in [0.1, 0.15) is 58.5 Å². The van der Waals surface area contributed by atoms with Crippen molar-refractivity contribution in [3.8, 4) is 17.1 Å². The summed E-state index contributed by atoms with van der Waals surface area (Å²) >= 11 is 0. The molecule has 0 aliphatic carbocycles. The number of oxazole rings is 1. The second kappa shape index (κ2) is 14.3. The Morgan fingerprint density at radius 3 is 2.40 bits per heavy atom. The van der Waals surface area contributed by atoms with Crippen molar-refractivity contribution in [2.24, 2.45) is 11.5 Å². The summed E-state index contributed by atoms with van der Waals surface area (Å²) in [7, 11) is 0. The minimum Gasteiger partial charge on any atom is -0.444 e. The lowest BCUT2D eigenvalue weighted by atomic mass is 10.2. The zero-order valence-corrected chi connectivity index (χ0v) is 26.0. The maximum absolute atomic E-state index is 13.3. The Hall–Kier alpha value is -5.78. The summed E-state index contributed by atoms with van der Waals surface area (Å²) in [5.74, 6) is -2.66. The molecule has 4 aromatic rings. The summed E-state index contributed by atoms with van der Waals surface area (Å²) in [6, 6.07) is 8.72. The van der Waals surface area contributed by atoms with Crippen LogP contribution in [0.5, 0.6) is 0 Å². The summed E-state index contributed by atoms with van der Waals surface area (Å²) in [6.07, 6.45) is -1.97. The third-order valence-electron chi connectivity index (χ3n) is 6.21. The van der Waals surface area contributed by atoms with Gasteiger partial charge in [0, 0.05) is 23.9 Å². The number of nitrogens with one attached hydrogen (secondary N) is 2. The van der Waals surface area contributed by atoms with Crippen molar-refractivity contribution in [3.05, 3.63) is 72.0 Å². The number of rotatable bonds is 11. The van der Waals surface area contributed by atoms with Crippen molar-refractivity contribution in [2.75, 3.05) is 29.9 Å². The van der Waals surface area contributed by atoms with Gasteiger partial charge in [0.1, 0.15) is 24.2 Å². The molecular formula is C30H32F3N9O6. The highest BCUT2D eigenvalue weighted by Crippen LogP contribution is 2.27. The number of amides is 4. The molecule has 18 heteroatoms. The number of primary amides is 1. The van der Waals surface area contributed by atoms with Crippen LogP contribution in [0.25, 0.3) is 17.1 Å². The van der Waals surface area contributed by atoms with Gasteiger partial charge in [0.2, 0.25) is 5.89 Å². The highest BCUT2D eigenvalue weighted by molar-refractivity contribution is 6.07. The van der Waals surface area contributed by atoms with Gasteiger partial charge < -0.3 is 31.3 Å². The molecule has 0 fully saturated rings. The van der Waals surface area contributed by atoms with Crippen LogP contribution in [0.15, 0.2) is 59.5 Å². The molecule has 3 heterocycles. The summed E-state index contributed by atoms with van der Waals surface area (Å²) < 4.78 is 51.8. The van der Waals surface area contributed by atoms with Crippen LogP contribution in [0.3, 0.4) is 0 Å². The maximum atomic E-state index is 13.3. The molecule has 4 amide bonds. The first-order chi connectivity index (χ1) is 22.5. The maximum Gasteiger partial charge on any atom is 0.416 e. The van der Waals surface area contributed by atoms with E-state index in [-0.39, 0.29) is 34.4 Å². The van der Waals surface area contributed by atoms with Crippen molar-refractivity contribution >= 4 is 35.3 Å². The van der Waals surface area contributed by atoms with Crippen LogP contribution in [0.2, 0.25) is 0 Å². The highest BCUT2D eigenvalue weighted by Gasteiger charge is 2.37. The van der Waals surface area contributed by atoms with Gasteiger partial charge in [0.15, 0.2) is 11.4 Å². The fourth-order valence-electron chi connectivity index (χ4n) is 4.08. The molecule has 0 saturated heterocycles. The predicted octanol–water partition coefficient (Wildman–Crippen LogP) is 3.66. The number of anilines is 2. The van der Waals surface area contributed by atoms with Crippen LogP contribution in [0.4, 0.5) is 29.5 Å². The number of ether oxygens (including phenoxy) is 1. The molecule has 254 valence electrons. The summed E-state index contributed by atoms with van der Waals surface area (Å²) in [5, 5.41) is 9.36. The van der Waals surface area contributed by atoms with Gasteiger partial charge in [-0.25, -0.2) is 19.4 Å². The molecule has 1 aromatic carbocycles. The lowest BCUT2D eigenvalue weighted by Gasteiger charge is -2.27. The standard InChI is InChI=1S/C30H32F3N9O6/c1-29(2,3)48-28(46)41(16-30(31,32)33)22-13-18(9-12-36-22)27-39-21(15-47-27)26(45)38-20-14-42(40-23(20)24(35)43)19-7-5-17(6-8-19)25(44)37-11-4-10-34/h5-9,12-15H,4,10-11,16,34H2,1-3H3,(H2,35,43)(H,37,44)(H,38,45). The zero-order chi connectivity index (χ0) is 35.2. The van der Waals surface area contributed by atoms with Gasteiger partial charge >= 0.3 is 12.3 Å². The van der Waals surface area contributed by atoms with E-state index in [0.29, 0.717) is 35.7 Å². The first kappa shape index (κ1) is 35.1. The van der Waals surface area contributed by atoms with Crippen molar-refractivity contribution in [2.45, 2.75) is 39.0 Å². The van der Waals surface area contributed by atoms with Crippen molar-refractivity contribution in [3.63, 3.8) is 0 Å². The minimum atomic E-state index is -4.77. The van der Waals surface area contributed by atoms with E-state index < -0.39 is 42.0 Å². The number of hydrogen-bond acceptors (Lipinski definition) is 10. The second-order valence-electron chi connectivity index (χ2n) is 11.2. The van der Waals surface area contributed by atoms with Crippen molar-refractivity contribution < 1.29 is 41.5 Å². The van der Waals surface area contributed by atoms with Crippen LogP contribution in [0, 0.1) is 0 Å². The minimum absolute atomic E-state index is 0.0630. The first-order valence-corrected chi connectivity index (χ1v) is 14.3. The lowest BCUT2D eigenvalue weighted by molar-refractivity contribution is -0.119. The molecule has 0 bridgehead atoms. The number of carbonyl (C=O) groups is 4. The number of alkyl halides is 3. The number of halogens is 3. The van der Waals surface area contributed by atoms with E-state index in [1.54, 1.807) is 24.3 Å². The second-order valence-corrected chi connectivity index (χ2v) is 11.2. The molecule has 0 saturated carbocycles. The number of benzene rings is 1. The highest BCUT2D eigenvalue weighted by atomic mass is 19.4. The quantitative estimate of drug-likeness (QED) is 0.170. The molecule has 15 nitrogen and oxygen atoms in total. The van der Waals surface area contributed by atoms with Gasteiger partial charge in [-0.2, -0.15) is 18.3 Å². The van der Waals surface area contributed by atoms with E-state index in [4.69, 9.17) is 20.6 Å². The topological polar surface area (TPSA) is 214 Å². The summed E-state index contributed by atoms with van der Waals surface area (Å²) in [5.41, 5.74) is 10.1. The Labute approximate surface area is 271 Å². The molecule has 48 heavy (non-hydrogen) atoms. The predicted molar refractivity (Wildman–Crippen MR) is 165 cm³/mol. The molecule has 0 spiro atoms. The fourth-order valence-corrected chi connectivity index (χ4v) is 4.08. The number of pyridine rings is 1. The third-order valence-corrected chi connectivity index (χ3v) is 6.21. The Morgan fingerprint density at radius 2 is 1.77 bits per heavy atom. The van der Waals surface area contributed by atoms with E-state index >= 15 is 0 Å². The number of nitrogens with two attached hydrogens (primary N) is 2. The molecule has 4 rings (SSSR count). The van der Waals surface area contributed by atoms with Gasteiger partial charge in [0.25, 0.3) is 17.7 Å². The van der Waals surface area contributed by atoms with E-state index in [0.717, 1.165) is 18.5 Å². The first-order valence-electron chi connectivity index (χ1n) is 14.3. The molecule has 3 aromatic heterocycles. The van der Waals surface area contributed by atoms with Gasteiger partial charge in [0.05, 0.1) is 17.6 Å².